The Labute approximate surface area is 147 Å². The Balaban J connectivity index is 1.85. The van der Waals surface area contributed by atoms with Crippen molar-refractivity contribution in [1.29, 1.82) is 0 Å². The molecule has 24 heavy (non-hydrogen) atoms. The molecular formula is C17H20N2O3S2. The molecule has 0 heterocycles. The molecule has 1 N–H and O–H groups in total. The summed E-state index contributed by atoms with van der Waals surface area (Å²) in [6.45, 7) is 0.254. The molecule has 2 aromatic carbocycles. The van der Waals surface area contributed by atoms with Gasteiger partial charge in [-0.05, 0) is 24.3 Å². The van der Waals surface area contributed by atoms with Crippen molar-refractivity contribution in [1.82, 2.24) is 5.32 Å². The number of nitrogens with one attached hydrogen (secondary N) is 1. The first-order chi connectivity index (χ1) is 11.5. The van der Waals surface area contributed by atoms with E-state index in [1.165, 1.54) is 0 Å². The normalized spacial score (nSPS) is 11.0. The molecule has 0 aliphatic carbocycles. The maximum absolute atomic E-state index is 12.1. The molecule has 7 heteroatoms. The van der Waals surface area contributed by atoms with E-state index in [-0.39, 0.29) is 12.5 Å². The van der Waals surface area contributed by atoms with E-state index in [1.807, 2.05) is 30.3 Å². The lowest BCUT2D eigenvalue weighted by atomic mass is 10.3. The van der Waals surface area contributed by atoms with Crippen LogP contribution in [-0.2, 0) is 14.8 Å². The fraction of sp³-hybridized carbons (Fsp3) is 0.235. The number of anilines is 1. The summed E-state index contributed by atoms with van der Waals surface area (Å²) in [7, 11) is -3.52. The van der Waals surface area contributed by atoms with Crippen LogP contribution in [0.15, 0.2) is 65.6 Å². The van der Waals surface area contributed by atoms with Crippen LogP contribution in [0.1, 0.15) is 0 Å². The molecule has 0 atom stereocenters. The highest BCUT2D eigenvalue weighted by Gasteiger charge is 2.20. The Morgan fingerprint density at radius 2 is 1.62 bits per heavy atom. The lowest BCUT2D eigenvalue weighted by molar-refractivity contribution is -0.119. The van der Waals surface area contributed by atoms with E-state index in [9.17, 15) is 13.2 Å². The summed E-state index contributed by atoms with van der Waals surface area (Å²) in [6, 6.07) is 18.5. The Morgan fingerprint density at radius 3 is 2.21 bits per heavy atom. The number of sulfonamides is 1. The number of para-hydroxylation sites is 1. The van der Waals surface area contributed by atoms with E-state index < -0.39 is 10.0 Å². The van der Waals surface area contributed by atoms with Gasteiger partial charge < -0.3 is 5.32 Å². The molecular weight excluding hydrogens is 344 g/mol. The van der Waals surface area contributed by atoms with Crippen molar-refractivity contribution in [2.24, 2.45) is 0 Å². The number of carbonyl (C=O) groups is 1. The van der Waals surface area contributed by atoms with Gasteiger partial charge in [-0.3, -0.25) is 9.10 Å². The first kappa shape index (κ1) is 18.4. The van der Waals surface area contributed by atoms with Gasteiger partial charge in [0.05, 0.1) is 11.9 Å². The lowest BCUT2D eigenvalue weighted by Gasteiger charge is -2.21. The molecule has 0 spiro atoms. The van der Waals surface area contributed by atoms with E-state index in [0.717, 1.165) is 21.2 Å². The van der Waals surface area contributed by atoms with Crippen LogP contribution >= 0.6 is 11.8 Å². The zero-order chi connectivity index (χ0) is 17.4. The lowest BCUT2D eigenvalue weighted by Crippen LogP contribution is -2.41. The average Bonchev–Trinajstić information content (AvgIpc) is 2.57. The van der Waals surface area contributed by atoms with Crippen molar-refractivity contribution in [3.8, 4) is 0 Å². The maximum atomic E-state index is 12.1. The number of thioether (sulfide) groups is 1. The largest absolute Gasteiger partial charge is 0.354 e. The van der Waals surface area contributed by atoms with E-state index in [4.69, 9.17) is 0 Å². The topological polar surface area (TPSA) is 66.5 Å². The molecule has 128 valence electrons. The van der Waals surface area contributed by atoms with Crippen LogP contribution in [0.3, 0.4) is 0 Å². The SMILES string of the molecule is CS(=O)(=O)N(CC(=O)NCCSc1ccccc1)c1ccccc1. The van der Waals surface area contributed by atoms with Gasteiger partial charge in [0.2, 0.25) is 15.9 Å². The summed E-state index contributed by atoms with van der Waals surface area (Å²) in [5, 5.41) is 2.76. The number of nitrogens with zero attached hydrogens (tertiary/aromatic N) is 1. The Bertz CT molecular complexity index is 750. The van der Waals surface area contributed by atoms with Crippen molar-refractivity contribution in [2.75, 3.05) is 29.4 Å². The van der Waals surface area contributed by atoms with Gasteiger partial charge in [0, 0.05) is 17.2 Å². The number of hydrogen-bond donors (Lipinski definition) is 1. The van der Waals surface area contributed by atoms with Gasteiger partial charge in [-0.15, -0.1) is 11.8 Å². The van der Waals surface area contributed by atoms with Gasteiger partial charge in [0.25, 0.3) is 0 Å². The Morgan fingerprint density at radius 1 is 1.04 bits per heavy atom. The summed E-state index contributed by atoms with van der Waals surface area (Å²) < 4.78 is 25.0. The molecule has 0 unspecified atom stereocenters. The van der Waals surface area contributed by atoms with Crippen LogP contribution in [0.2, 0.25) is 0 Å². The third-order valence-electron chi connectivity index (χ3n) is 3.17. The summed E-state index contributed by atoms with van der Waals surface area (Å²) in [5.74, 6) is 0.401. The molecule has 0 saturated carbocycles. The molecule has 1 amide bonds. The van der Waals surface area contributed by atoms with Gasteiger partial charge in [0.15, 0.2) is 0 Å². The quantitative estimate of drug-likeness (QED) is 0.577. The first-order valence-corrected chi connectivity index (χ1v) is 10.3. The highest BCUT2D eigenvalue weighted by molar-refractivity contribution is 7.99. The monoisotopic (exact) mass is 364 g/mol. The van der Waals surface area contributed by atoms with Crippen molar-refractivity contribution in [3.05, 3.63) is 60.7 Å². The minimum Gasteiger partial charge on any atom is -0.354 e. The molecule has 0 aromatic heterocycles. The van der Waals surface area contributed by atoms with Crippen molar-refractivity contribution < 1.29 is 13.2 Å². The van der Waals surface area contributed by atoms with E-state index in [2.05, 4.69) is 5.32 Å². The third-order valence-corrected chi connectivity index (χ3v) is 5.32. The van der Waals surface area contributed by atoms with Crippen molar-refractivity contribution >= 4 is 33.4 Å². The Kier molecular flexibility index (Phi) is 6.69. The van der Waals surface area contributed by atoms with Gasteiger partial charge in [-0.1, -0.05) is 36.4 Å². The molecule has 0 saturated heterocycles. The fourth-order valence-corrected chi connectivity index (χ4v) is 3.70. The molecule has 0 fully saturated rings. The summed E-state index contributed by atoms with van der Waals surface area (Å²) in [5.41, 5.74) is 0.480. The summed E-state index contributed by atoms with van der Waals surface area (Å²) >= 11 is 1.64. The van der Waals surface area contributed by atoms with Crippen molar-refractivity contribution in [2.45, 2.75) is 4.90 Å². The molecule has 2 rings (SSSR count). The van der Waals surface area contributed by atoms with E-state index in [1.54, 1.807) is 42.1 Å². The zero-order valence-corrected chi connectivity index (χ0v) is 15.0. The third kappa shape index (κ3) is 5.90. The highest BCUT2D eigenvalue weighted by atomic mass is 32.2. The van der Waals surface area contributed by atoms with Crippen LogP contribution in [-0.4, -0.2) is 39.4 Å². The van der Waals surface area contributed by atoms with Gasteiger partial charge in [0.1, 0.15) is 6.54 Å². The molecule has 2 aromatic rings. The second kappa shape index (κ2) is 8.75. The Hall–Kier alpha value is -1.99. The molecule has 0 radical (unpaired) electrons. The summed E-state index contributed by atoms with van der Waals surface area (Å²) in [6.07, 6.45) is 1.10. The minimum absolute atomic E-state index is 0.223. The van der Waals surface area contributed by atoms with Crippen molar-refractivity contribution in [3.63, 3.8) is 0 Å². The van der Waals surface area contributed by atoms with Crippen LogP contribution < -0.4 is 9.62 Å². The maximum Gasteiger partial charge on any atom is 0.240 e. The van der Waals surface area contributed by atoms with Crippen LogP contribution in [0.4, 0.5) is 5.69 Å². The van der Waals surface area contributed by atoms with Crippen LogP contribution in [0, 0.1) is 0 Å². The molecule has 0 aliphatic heterocycles. The first-order valence-electron chi connectivity index (χ1n) is 7.44. The van der Waals surface area contributed by atoms with Crippen LogP contribution in [0.5, 0.6) is 0 Å². The summed E-state index contributed by atoms with van der Waals surface area (Å²) in [4.78, 5) is 13.2. The molecule has 0 bridgehead atoms. The second-order valence-electron chi connectivity index (χ2n) is 5.12. The standard InChI is InChI=1S/C17H20N2O3S2/c1-24(21,22)19(15-8-4-2-5-9-15)14-17(20)18-12-13-23-16-10-6-3-7-11-16/h2-11H,12-14H2,1H3,(H,18,20). The molecule has 0 aliphatic rings. The second-order valence-corrected chi connectivity index (χ2v) is 8.19. The molecule has 5 nitrogen and oxygen atoms in total. The number of rotatable bonds is 8. The predicted octanol–water partition coefficient (Wildman–Crippen LogP) is 2.36. The van der Waals surface area contributed by atoms with Gasteiger partial charge >= 0.3 is 0 Å². The fourth-order valence-electron chi connectivity index (χ4n) is 2.06. The number of amides is 1. The average molecular weight is 364 g/mol. The van der Waals surface area contributed by atoms with E-state index in [0.29, 0.717) is 12.2 Å². The van der Waals surface area contributed by atoms with Gasteiger partial charge in [-0.2, -0.15) is 0 Å². The van der Waals surface area contributed by atoms with Gasteiger partial charge in [-0.25, -0.2) is 8.42 Å². The van der Waals surface area contributed by atoms with Crippen LogP contribution in [0.25, 0.3) is 0 Å². The highest BCUT2D eigenvalue weighted by Crippen LogP contribution is 2.17. The number of benzene rings is 2. The zero-order valence-electron chi connectivity index (χ0n) is 13.4. The smallest absolute Gasteiger partial charge is 0.240 e. The minimum atomic E-state index is -3.52. The van der Waals surface area contributed by atoms with E-state index >= 15 is 0 Å². The predicted molar refractivity (Wildman–Crippen MR) is 98.8 cm³/mol. The number of hydrogen-bond acceptors (Lipinski definition) is 4. The number of carbonyl (C=O) groups excluding carboxylic acids is 1.